The number of nitrogens with one attached hydrogen (secondary N) is 1. The van der Waals surface area contributed by atoms with Gasteiger partial charge in [-0.1, -0.05) is 33.8 Å². The Morgan fingerprint density at radius 1 is 1.34 bits per heavy atom. The molecule has 1 amide bonds. The van der Waals surface area contributed by atoms with Gasteiger partial charge in [0.05, 0.1) is 18.0 Å². The fourth-order valence-corrected chi connectivity index (χ4v) is 2.10. The Morgan fingerprint density at radius 2 is 1.93 bits per heavy atom. The van der Waals surface area contributed by atoms with Gasteiger partial charge in [0.25, 0.3) is 0 Å². The lowest BCUT2D eigenvalue weighted by atomic mass is 10.2. The van der Waals surface area contributed by atoms with Crippen LogP contribution in [0.5, 0.6) is 0 Å². The zero-order valence-electron chi connectivity index (χ0n) is 19.0. The zero-order chi connectivity index (χ0) is 23.0. The van der Waals surface area contributed by atoms with Gasteiger partial charge in [-0.15, -0.1) is 0 Å². The van der Waals surface area contributed by atoms with Gasteiger partial charge in [-0.2, -0.15) is 0 Å². The molecule has 0 spiro atoms. The minimum Gasteiger partial charge on any atom is -0.400 e. The van der Waals surface area contributed by atoms with Gasteiger partial charge in [-0.3, -0.25) is 4.79 Å². The molecular weight excluding hydrogens is 373 g/mol. The quantitative estimate of drug-likeness (QED) is 0.422. The van der Waals surface area contributed by atoms with E-state index in [0.29, 0.717) is 37.1 Å². The van der Waals surface area contributed by atoms with E-state index in [-0.39, 0.29) is 5.69 Å². The number of benzene rings is 1. The van der Waals surface area contributed by atoms with Crippen molar-refractivity contribution in [3.8, 4) is 0 Å². The molecule has 166 valence electrons. The summed E-state index contributed by atoms with van der Waals surface area (Å²) in [6, 6.07) is 4.80. The Bertz CT molecular complexity index is 659. The largest absolute Gasteiger partial charge is 0.400 e. The number of hydrogen-bond donors (Lipinski definition) is 3. The van der Waals surface area contributed by atoms with Crippen LogP contribution in [0.3, 0.4) is 0 Å². The summed E-state index contributed by atoms with van der Waals surface area (Å²) in [7, 11) is 2.55. The molecule has 29 heavy (non-hydrogen) atoms. The second kappa shape index (κ2) is 16.6. The molecule has 7 heteroatoms. The van der Waals surface area contributed by atoms with Gasteiger partial charge >= 0.3 is 0 Å². The van der Waals surface area contributed by atoms with Crippen molar-refractivity contribution < 1.29 is 19.0 Å². The standard InChI is InChI=1S/C19H28FN3O2.C2H6.CH4O/c1-13(2)10-25-11-15(4)9-17(21)19(23(5)12-24)22-18-7-6-14(3)8-16(18)20;2*1-2/h6-9,12-13,22H,10-11,21H2,1-5H3;1-2H3;2H,1H3/b15-9+,19-17+;;. The highest BCUT2D eigenvalue weighted by Gasteiger charge is 2.11. The summed E-state index contributed by atoms with van der Waals surface area (Å²) in [4.78, 5) is 12.4. The first-order chi connectivity index (χ1) is 13.7. The number of aliphatic hydroxyl groups is 1. The van der Waals surface area contributed by atoms with Crippen LogP contribution in [0.1, 0.15) is 40.2 Å². The number of rotatable bonds is 9. The van der Waals surface area contributed by atoms with E-state index in [2.05, 4.69) is 19.2 Å². The molecular formula is C22H38FN3O3. The van der Waals surface area contributed by atoms with Gasteiger partial charge in [0.1, 0.15) is 11.6 Å². The molecule has 0 radical (unpaired) electrons. The van der Waals surface area contributed by atoms with Crippen LogP contribution in [0, 0.1) is 18.7 Å². The van der Waals surface area contributed by atoms with E-state index in [1.807, 2.05) is 20.8 Å². The Kier molecular flexibility index (Phi) is 16.5. The van der Waals surface area contributed by atoms with Gasteiger partial charge in [0.2, 0.25) is 6.41 Å². The molecule has 0 unspecified atom stereocenters. The smallest absolute Gasteiger partial charge is 0.215 e. The normalized spacial score (nSPS) is 11.5. The number of carbonyl (C=O) groups is 1. The van der Waals surface area contributed by atoms with Crippen LogP contribution in [-0.2, 0) is 9.53 Å². The van der Waals surface area contributed by atoms with Gasteiger partial charge in [-0.05, 0) is 49.1 Å². The number of anilines is 1. The van der Waals surface area contributed by atoms with E-state index in [1.165, 1.54) is 11.0 Å². The zero-order valence-corrected chi connectivity index (χ0v) is 19.0. The fourth-order valence-electron chi connectivity index (χ4n) is 2.10. The van der Waals surface area contributed by atoms with Crippen LogP contribution in [0.2, 0.25) is 0 Å². The molecule has 0 aliphatic heterocycles. The first kappa shape index (κ1) is 28.8. The Balaban J connectivity index is 0. The van der Waals surface area contributed by atoms with Crippen molar-refractivity contribution in [2.24, 2.45) is 11.7 Å². The van der Waals surface area contributed by atoms with Gasteiger partial charge in [0, 0.05) is 20.8 Å². The summed E-state index contributed by atoms with van der Waals surface area (Å²) in [5.74, 6) is 0.343. The van der Waals surface area contributed by atoms with E-state index in [9.17, 15) is 9.18 Å². The molecule has 0 aromatic heterocycles. The van der Waals surface area contributed by atoms with Crippen LogP contribution in [0.25, 0.3) is 0 Å². The average molecular weight is 412 g/mol. The van der Waals surface area contributed by atoms with Gasteiger partial charge < -0.3 is 25.8 Å². The third-order valence-electron chi connectivity index (χ3n) is 3.34. The van der Waals surface area contributed by atoms with Gasteiger partial charge in [0.15, 0.2) is 0 Å². The van der Waals surface area contributed by atoms with Crippen LogP contribution in [0.15, 0.2) is 41.4 Å². The highest BCUT2D eigenvalue weighted by molar-refractivity contribution is 5.58. The van der Waals surface area contributed by atoms with Crippen LogP contribution < -0.4 is 11.1 Å². The number of ether oxygens (including phenoxy) is 1. The third-order valence-corrected chi connectivity index (χ3v) is 3.34. The highest BCUT2D eigenvalue weighted by atomic mass is 19.1. The molecule has 0 heterocycles. The second-order valence-electron chi connectivity index (χ2n) is 6.53. The van der Waals surface area contributed by atoms with E-state index in [4.69, 9.17) is 15.6 Å². The Morgan fingerprint density at radius 3 is 2.41 bits per heavy atom. The molecule has 0 saturated heterocycles. The monoisotopic (exact) mass is 411 g/mol. The molecule has 0 bridgehead atoms. The summed E-state index contributed by atoms with van der Waals surface area (Å²) >= 11 is 0. The van der Waals surface area contributed by atoms with Crippen molar-refractivity contribution in [2.75, 3.05) is 32.7 Å². The Labute approximate surface area is 175 Å². The number of nitrogens with two attached hydrogens (primary N) is 1. The fraction of sp³-hybridized carbons (Fsp3) is 0.500. The van der Waals surface area contributed by atoms with E-state index >= 15 is 0 Å². The molecule has 0 fully saturated rings. The summed E-state index contributed by atoms with van der Waals surface area (Å²) in [6.07, 6.45) is 2.33. The van der Waals surface area contributed by atoms with Crippen molar-refractivity contribution in [1.82, 2.24) is 4.90 Å². The second-order valence-corrected chi connectivity index (χ2v) is 6.53. The summed E-state index contributed by atoms with van der Waals surface area (Å²) < 4.78 is 19.6. The molecule has 0 aliphatic rings. The van der Waals surface area contributed by atoms with Crippen LogP contribution in [0.4, 0.5) is 10.1 Å². The number of allylic oxidation sites excluding steroid dienone is 1. The highest BCUT2D eigenvalue weighted by Crippen LogP contribution is 2.19. The van der Waals surface area contributed by atoms with Crippen molar-refractivity contribution >= 4 is 12.1 Å². The Hall–Kier alpha value is -2.38. The molecule has 0 saturated carbocycles. The van der Waals surface area contributed by atoms with Crippen molar-refractivity contribution in [1.29, 1.82) is 0 Å². The van der Waals surface area contributed by atoms with Crippen molar-refractivity contribution in [2.45, 2.75) is 41.5 Å². The predicted molar refractivity (Wildman–Crippen MR) is 119 cm³/mol. The van der Waals surface area contributed by atoms with E-state index < -0.39 is 5.82 Å². The van der Waals surface area contributed by atoms with E-state index in [0.717, 1.165) is 18.2 Å². The maximum absolute atomic E-state index is 14.1. The molecule has 1 aromatic carbocycles. The SMILES string of the molecule is C/C(=C\C(N)=C(\Nc1ccc(C)cc1F)N(C)C=O)COCC(C)C.CC.CO. The topological polar surface area (TPSA) is 87.8 Å². The van der Waals surface area contributed by atoms with Crippen LogP contribution in [-0.4, -0.2) is 43.8 Å². The number of amides is 1. The summed E-state index contributed by atoms with van der Waals surface area (Å²) in [5, 5.41) is 9.89. The lowest BCUT2D eigenvalue weighted by Crippen LogP contribution is -2.25. The van der Waals surface area contributed by atoms with Crippen molar-refractivity contribution in [3.63, 3.8) is 0 Å². The predicted octanol–water partition coefficient (Wildman–Crippen LogP) is 4.02. The molecule has 1 rings (SSSR count). The molecule has 0 aliphatic carbocycles. The first-order valence-electron chi connectivity index (χ1n) is 9.65. The molecule has 4 N–H and O–H groups in total. The number of nitrogens with zero attached hydrogens (tertiary/aromatic N) is 1. The lowest BCUT2D eigenvalue weighted by molar-refractivity contribution is -0.115. The number of hydrogen-bond acceptors (Lipinski definition) is 5. The van der Waals surface area contributed by atoms with Crippen molar-refractivity contribution in [3.05, 3.63) is 52.7 Å². The van der Waals surface area contributed by atoms with Gasteiger partial charge in [-0.25, -0.2) is 4.39 Å². The van der Waals surface area contributed by atoms with E-state index in [1.54, 1.807) is 32.2 Å². The molecule has 1 aromatic rings. The third kappa shape index (κ3) is 11.9. The lowest BCUT2D eigenvalue weighted by Gasteiger charge is -2.20. The number of aryl methyl sites for hydroxylation is 1. The minimum absolute atomic E-state index is 0.249. The molecule has 0 atom stereocenters. The number of halogens is 1. The first-order valence-corrected chi connectivity index (χ1v) is 9.65. The summed E-state index contributed by atoms with van der Waals surface area (Å²) in [5.41, 5.74) is 8.40. The number of carbonyl (C=O) groups excluding carboxylic acids is 1. The minimum atomic E-state index is -0.412. The van der Waals surface area contributed by atoms with Crippen LogP contribution >= 0.6 is 0 Å². The maximum atomic E-state index is 14.1. The molecule has 6 nitrogen and oxygen atoms in total. The summed E-state index contributed by atoms with van der Waals surface area (Å²) in [6.45, 7) is 12.9. The number of aliphatic hydroxyl groups excluding tert-OH is 1. The maximum Gasteiger partial charge on any atom is 0.215 e. The average Bonchev–Trinajstić information content (AvgIpc) is 2.69.